The zero-order valence-electron chi connectivity index (χ0n) is 12.7. The van der Waals surface area contributed by atoms with Gasteiger partial charge in [0, 0.05) is 6.04 Å². The van der Waals surface area contributed by atoms with Crippen molar-refractivity contribution in [1.29, 1.82) is 0 Å². The van der Waals surface area contributed by atoms with E-state index in [1.165, 1.54) is 11.1 Å². The topological polar surface area (TPSA) is 32.7 Å². The standard InChI is InChI=1S/C18H23NO2/c1-19(2)18(14-15-6-4-3-5-7-15)16-8-10-17(11-9-16)21-13-12-20/h3-11,18,20H,12-14H2,1-2H3/t18-/m0/s1. The zero-order chi connectivity index (χ0) is 15.1. The van der Waals surface area contributed by atoms with Gasteiger partial charge in [-0.3, -0.25) is 0 Å². The van der Waals surface area contributed by atoms with Crippen LogP contribution in [0.2, 0.25) is 0 Å². The molecule has 0 saturated heterocycles. The van der Waals surface area contributed by atoms with Gasteiger partial charge in [0.05, 0.1) is 6.61 Å². The highest BCUT2D eigenvalue weighted by atomic mass is 16.5. The molecular formula is C18H23NO2. The Labute approximate surface area is 126 Å². The molecule has 0 saturated carbocycles. The average Bonchev–Trinajstić information content (AvgIpc) is 2.52. The number of nitrogens with zero attached hydrogens (tertiary/aromatic N) is 1. The van der Waals surface area contributed by atoms with Gasteiger partial charge in [-0.05, 0) is 43.8 Å². The lowest BCUT2D eigenvalue weighted by Crippen LogP contribution is -2.22. The van der Waals surface area contributed by atoms with E-state index in [1.807, 2.05) is 18.2 Å². The van der Waals surface area contributed by atoms with E-state index in [0.717, 1.165) is 12.2 Å². The Morgan fingerprint density at radius 2 is 1.67 bits per heavy atom. The third kappa shape index (κ3) is 4.59. The summed E-state index contributed by atoms with van der Waals surface area (Å²) in [5.74, 6) is 0.796. The number of hydrogen-bond donors (Lipinski definition) is 1. The normalized spacial score (nSPS) is 12.4. The van der Waals surface area contributed by atoms with Crippen molar-refractivity contribution in [1.82, 2.24) is 4.90 Å². The molecule has 2 aromatic carbocycles. The lowest BCUT2D eigenvalue weighted by Gasteiger charge is -2.25. The smallest absolute Gasteiger partial charge is 0.119 e. The van der Waals surface area contributed by atoms with E-state index in [0.29, 0.717) is 12.6 Å². The molecule has 0 bridgehead atoms. The highest BCUT2D eigenvalue weighted by Crippen LogP contribution is 2.25. The Kier molecular flexibility index (Phi) is 5.78. The van der Waals surface area contributed by atoms with Gasteiger partial charge in [-0.25, -0.2) is 0 Å². The zero-order valence-corrected chi connectivity index (χ0v) is 12.7. The molecule has 21 heavy (non-hydrogen) atoms. The summed E-state index contributed by atoms with van der Waals surface area (Å²) in [6.45, 7) is 0.372. The molecule has 112 valence electrons. The summed E-state index contributed by atoms with van der Waals surface area (Å²) in [5, 5.41) is 8.78. The average molecular weight is 285 g/mol. The molecule has 1 N–H and O–H groups in total. The number of aliphatic hydroxyl groups is 1. The fourth-order valence-corrected chi connectivity index (χ4v) is 2.39. The second kappa shape index (κ2) is 7.81. The van der Waals surface area contributed by atoms with Gasteiger partial charge in [0.1, 0.15) is 12.4 Å². The molecule has 0 radical (unpaired) electrons. The van der Waals surface area contributed by atoms with Crippen molar-refractivity contribution in [2.75, 3.05) is 27.3 Å². The molecule has 0 aliphatic heterocycles. The summed E-state index contributed by atoms with van der Waals surface area (Å²) in [4.78, 5) is 2.23. The summed E-state index contributed by atoms with van der Waals surface area (Å²) in [6.07, 6.45) is 0.977. The van der Waals surface area contributed by atoms with E-state index in [-0.39, 0.29) is 6.61 Å². The second-order valence-corrected chi connectivity index (χ2v) is 5.31. The monoisotopic (exact) mass is 285 g/mol. The Morgan fingerprint density at radius 1 is 1.00 bits per heavy atom. The second-order valence-electron chi connectivity index (χ2n) is 5.31. The van der Waals surface area contributed by atoms with Crippen molar-refractivity contribution < 1.29 is 9.84 Å². The maximum Gasteiger partial charge on any atom is 0.119 e. The molecule has 3 heteroatoms. The van der Waals surface area contributed by atoms with Crippen molar-refractivity contribution in [3.8, 4) is 5.75 Å². The summed E-state index contributed by atoms with van der Waals surface area (Å²) in [5.41, 5.74) is 2.59. The lowest BCUT2D eigenvalue weighted by molar-refractivity contribution is 0.201. The number of aliphatic hydroxyl groups excluding tert-OH is 1. The van der Waals surface area contributed by atoms with Crippen molar-refractivity contribution in [3.05, 3.63) is 65.7 Å². The highest BCUT2D eigenvalue weighted by molar-refractivity contribution is 5.30. The minimum Gasteiger partial charge on any atom is -0.491 e. The van der Waals surface area contributed by atoms with Gasteiger partial charge in [0.25, 0.3) is 0 Å². The number of ether oxygens (including phenoxy) is 1. The highest BCUT2D eigenvalue weighted by Gasteiger charge is 2.14. The Morgan fingerprint density at radius 3 is 2.24 bits per heavy atom. The molecule has 0 aliphatic rings. The first kappa shape index (κ1) is 15.5. The van der Waals surface area contributed by atoms with E-state index >= 15 is 0 Å². The van der Waals surface area contributed by atoms with E-state index in [1.54, 1.807) is 0 Å². The summed E-state index contributed by atoms with van der Waals surface area (Å²) in [7, 11) is 4.20. The van der Waals surface area contributed by atoms with Crippen LogP contribution in [0.4, 0.5) is 0 Å². The van der Waals surface area contributed by atoms with E-state index in [9.17, 15) is 0 Å². The first-order valence-corrected chi connectivity index (χ1v) is 7.24. The van der Waals surface area contributed by atoms with Crippen LogP contribution in [0.1, 0.15) is 17.2 Å². The van der Waals surface area contributed by atoms with Crippen LogP contribution >= 0.6 is 0 Å². The van der Waals surface area contributed by atoms with Crippen LogP contribution < -0.4 is 4.74 Å². The van der Waals surface area contributed by atoms with Gasteiger partial charge < -0.3 is 14.7 Å². The van der Waals surface area contributed by atoms with Gasteiger partial charge in [-0.2, -0.15) is 0 Å². The SMILES string of the molecule is CN(C)[C@@H](Cc1ccccc1)c1ccc(OCCO)cc1. The minimum absolute atomic E-state index is 0.0378. The Balaban J connectivity index is 2.11. The van der Waals surface area contributed by atoms with Crippen molar-refractivity contribution in [3.63, 3.8) is 0 Å². The minimum atomic E-state index is 0.0378. The predicted octanol–water partition coefficient (Wildman–Crippen LogP) is 2.90. The van der Waals surface area contributed by atoms with Gasteiger partial charge in [-0.15, -0.1) is 0 Å². The molecule has 3 nitrogen and oxygen atoms in total. The fraction of sp³-hybridized carbons (Fsp3) is 0.333. The van der Waals surface area contributed by atoms with Crippen molar-refractivity contribution in [2.24, 2.45) is 0 Å². The lowest BCUT2D eigenvalue weighted by atomic mass is 9.98. The number of rotatable bonds is 7. The first-order chi connectivity index (χ1) is 10.2. The largest absolute Gasteiger partial charge is 0.491 e. The summed E-state index contributed by atoms with van der Waals surface area (Å²) >= 11 is 0. The number of benzene rings is 2. The quantitative estimate of drug-likeness (QED) is 0.849. The van der Waals surface area contributed by atoms with Gasteiger partial charge in [0.15, 0.2) is 0 Å². The molecule has 2 aromatic rings. The third-order valence-corrected chi connectivity index (χ3v) is 3.52. The third-order valence-electron chi connectivity index (χ3n) is 3.52. The Bertz CT molecular complexity index is 523. The maximum absolute atomic E-state index is 8.78. The molecule has 0 unspecified atom stereocenters. The molecule has 2 rings (SSSR count). The van der Waals surface area contributed by atoms with Gasteiger partial charge in [0.2, 0.25) is 0 Å². The van der Waals surface area contributed by atoms with E-state index < -0.39 is 0 Å². The van der Waals surface area contributed by atoms with Crippen LogP contribution in [0.3, 0.4) is 0 Å². The van der Waals surface area contributed by atoms with Gasteiger partial charge in [-0.1, -0.05) is 42.5 Å². The van der Waals surface area contributed by atoms with Crippen LogP contribution in [0.15, 0.2) is 54.6 Å². The molecule has 0 spiro atoms. The summed E-state index contributed by atoms with van der Waals surface area (Å²) < 4.78 is 5.41. The predicted molar refractivity (Wildman–Crippen MR) is 85.6 cm³/mol. The van der Waals surface area contributed by atoms with E-state index in [2.05, 4.69) is 55.4 Å². The fourth-order valence-electron chi connectivity index (χ4n) is 2.39. The first-order valence-electron chi connectivity index (χ1n) is 7.24. The molecule has 0 fully saturated rings. The number of likely N-dealkylation sites (N-methyl/N-ethyl adjacent to an activating group) is 1. The molecule has 0 heterocycles. The summed E-state index contributed by atoms with van der Waals surface area (Å²) in [6, 6.07) is 19.0. The molecular weight excluding hydrogens is 262 g/mol. The Hall–Kier alpha value is -1.84. The van der Waals surface area contributed by atoms with Crippen LogP contribution in [0.5, 0.6) is 5.75 Å². The van der Waals surface area contributed by atoms with Crippen molar-refractivity contribution in [2.45, 2.75) is 12.5 Å². The van der Waals surface area contributed by atoms with Crippen LogP contribution in [0.25, 0.3) is 0 Å². The van der Waals surface area contributed by atoms with Crippen LogP contribution in [-0.4, -0.2) is 37.3 Å². The van der Waals surface area contributed by atoms with Crippen LogP contribution in [0, 0.1) is 0 Å². The molecule has 0 amide bonds. The van der Waals surface area contributed by atoms with Gasteiger partial charge >= 0.3 is 0 Å². The number of hydrogen-bond acceptors (Lipinski definition) is 3. The maximum atomic E-state index is 8.78. The van der Waals surface area contributed by atoms with Crippen LogP contribution in [-0.2, 0) is 6.42 Å². The van der Waals surface area contributed by atoms with E-state index in [4.69, 9.17) is 9.84 Å². The molecule has 1 atom stereocenters. The molecule has 0 aromatic heterocycles. The van der Waals surface area contributed by atoms with Crippen molar-refractivity contribution >= 4 is 0 Å². The molecule has 0 aliphatic carbocycles.